The molecule has 0 radical (unpaired) electrons. The van der Waals surface area contributed by atoms with Crippen LogP contribution in [-0.2, 0) is 6.54 Å². The molecule has 0 fully saturated rings. The Morgan fingerprint density at radius 3 is 3.00 bits per heavy atom. The molecule has 88 valence electrons. The maximum Gasteiger partial charge on any atom is 0.0669 e. The lowest BCUT2D eigenvalue weighted by Crippen LogP contribution is -2.20. The number of nitriles is 1. The zero-order valence-electron chi connectivity index (χ0n) is 9.94. The Morgan fingerprint density at radius 2 is 2.24 bits per heavy atom. The highest BCUT2D eigenvalue weighted by atomic mass is 32.1. The van der Waals surface area contributed by atoms with Crippen LogP contribution < -0.4 is 5.32 Å². The molecule has 0 bridgehead atoms. The van der Waals surface area contributed by atoms with E-state index in [1.165, 1.54) is 15.6 Å². The van der Waals surface area contributed by atoms with E-state index >= 15 is 0 Å². The van der Waals surface area contributed by atoms with Gasteiger partial charge in [0.25, 0.3) is 0 Å². The van der Waals surface area contributed by atoms with Gasteiger partial charge in [-0.1, -0.05) is 25.1 Å². The third-order valence-electron chi connectivity index (χ3n) is 2.94. The largest absolute Gasteiger partial charge is 0.311 e. The number of fused-ring (bicyclic) bond motifs is 1. The van der Waals surface area contributed by atoms with Gasteiger partial charge in [0, 0.05) is 17.8 Å². The molecule has 17 heavy (non-hydrogen) atoms. The summed E-state index contributed by atoms with van der Waals surface area (Å²) in [5.41, 5.74) is 1.33. The molecule has 0 aliphatic rings. The predicted octanol–water partition coefficient (Wildman–Crippen LogP) is 3.54. The highest BCUT2D eigenvalue weighted by Gasteiger charge is 2.05. The fourth-order valence-corrected chi connectivity index (χ4v) is 2.79. The second-order valence-corrected chi connectivity index (χ2v) is 5.03. The van der Waals surface area contributed by atoms with Crippen molar-refractivity contribution in [1.29, 1.82) is 5.26 Å². The SMILES string of the molecule is CCC(C#N)CNCc1csc2ccccc12. The maximum absolute atomic E-state index is 8.87. The maximum atomic E-state index is 8.87. The lowest BCUT2D eigenvalue weighted by molar-refractivity contribution is 0.554. The summed E-state index contributed by atoms with van der Waals surface area (Å²) < 4.78 is 1.33. The summed E-state index contributed by atoms with van der Waals surface area (Å²) in [7, 11) is 0. The van der Waals surface area contributed by atoms with Crippen molar-refractivity contribution in [1.82, 2.24) is 5.32 Å². The number of benzene rings is 1. The van der Waals surface area contributed by atoms with Crippen molar-refractivity contribution in [2.24, 2.45) is 5.92 Å². The van der Waals surface area contributed by atoms with E-state index in [9.17, 15) is 0 Å². The molecule has 0 amide bonds. The third-order valence-corrected chi connectivity index (χ3v) is 3.96. The normalized spacial score (nSPS) is 12.5. The van der Waals surface area contributed by atoms with Crippen LogP contribution in [0.1, 0.15) is 18.9 Å². The van der Waals surface area contributed by atoms with E-state index in [4.69, 9.17) is 5.26 Å². The van der Waals surface area contributed by atoms with Gasteiger partial charge in [-0.3, -0.25) is 0 Å². The number of nitrogens with zero attached hydrogens (tertiary/aromatic N) is 1. The molecule has 1 N–H and O–H groups in total. The van der Waals surface area contributed by atoms with Gasteiger partial charge >= 0.3 is 0 Å². The minimum atomic E-state index is 0.125. The molecule has 2 rings (SSSR count). The van der Waals surface area contributed by atoms with Gasteiger partial charge in [-0.15, -0.1) is 11.3 Å². The highest BCUT2D eigenvalue weighted by Crippen LogP contribution is 2.25. The molecule has 0 saturated carbocycles. The van der Waals surface area contributed by atoms with Gasteiger partial charge in [0.15, 0.2) is 0 Å². The van der Waals surface area contributed by atoms with Crippen LogP contribution in [0.3, 0.4) is 0 Å². The molecule has 0 aliphatic heterocycles. The standard InChI is InChI=1S/C14H16N2S/c1-2-11(7-15)8-16-9-12-10-17-14-6-4-3-5-13(12)14/h3-6,10-11,16H,2,8-9H2,1H3. The fourth-order valence-electron chi connectivity index (χ4n) is 1.83. The second-order valence-electron chi connectivity index (χ2n) is 4.12. The summed E-state index contributed by atoms with van der Waals surface area (Å²) in [5, 5.41) is 15.8. The van der Waals surface area contributed by atoms with Crippen molar-refractivity contribution in [2.75, 3.05) is 6.54 Å². The average Bonchev–Trinajstić information content (AvgIpc) is 2.78. The van der Waals surface area contributed by atoms with E-state index in [-0.39, 0.29) is 5.92 Å². The Kier molecular flexibility index (Phi) is 4.13. The van der Waals surface area contributed by atoms with Crippen molar-refractivity contribution in [2.45, 2.75) is 19.9 Å². The molecule has 1 aromatic heterocycles. The monoisotopic (exact) mass is 244 g/mol. The summed E-state index contributed by atoms with van der Waals surface area (Å²) in [6.07, 6.45) is 0.911. The van der Waals surface area contributed by atoms with Crippen LogP contribution in [0.2, 0.25) is 0 Å². The second kappa shape index (κ2) is 5.81. The van der Waals surface area contributed by atoms with Crippen LogP contribution in [-0.4, -0.2) is 6.54 Å². The average molecular weight is 244 g/mol. The van der Waals surface area contributed by atoms with E-state index in [1.54, 1.807) is 11.3 Å². The van der Waals surface area contributed by atoms with Crippen LogP contribution in [0, 0.1) is 17.2 Å². The number of thiophene rings is 1. The predicted molar refractivity (Wildman–Crippen MR) is 72.9 cm³/mol. The molecule has 1 atom stereocenters. The number of hydrogen-bond acceptors (Lipinski definition) is 3. The van der Waals surface area contributed by atoms with E-state index in [2.05, 4.69) is 48.0 Å². The molecule has 0 spiro atoms. The van der Waals surface area contributed by atoms with E-state index in [0.29, 0.717) is 0 Å². The van der Waals surface area contributed by atoms with Gasteiger partial charge < -0.3 is 5.32 Å². The topological polar surface area (TPSA) is 35.8 Å². The molecule has 0 saturated heterocycles. The van der Waals surface area contributed by atoms with Gasteiger partial charge in [0.05, 0.1) is 12.0 Å². The number of rotatable bonds is 5. The Balaban J connectivity index is 1.98. The van der Waals surface area contributed by atoms with Gasteiger partial charge in [-0.05, 0) is 28.8 Å². The minimum Gasteiger partial charge on any atom is -0.311 e. The summed E-state index contributed by atoms with van der Waals surface area (Å²) in [4.78, 5) is 0. The Bertz CT molecular complexity index is 524. The number of hydrogen-bond donors (Lipinski definition) is 1. The third kappa shape index (κ3) is 2.85. The van der Waals surface area contributed by atoms with E-state index in [1.807, 2.05) is 0 Å². The fraction of sp³-hybridized carbons (Fsp3) is 0.357. The van der Waals surface area contributed by atoms with Crippen LogP contribution in [0.15, 0.2) is 29.6 Å². The Labute approximate surface area is 106 Å². The van der Waals surface area contributed by atoms with Crippen molar-refractivity contribution in [3.63, 3.8) is 0 Å². The summed E-state index contributed by atoms with van der Waals surface area (Å²) in [6.45, 7) is 3.68. The van der Waals surface area contributed by atoms with Crippen LogP contribution in [0.5, 0.6) is 0 Å². The van der Waals surface area contributed by atoms with Gasteiger partial charge in [-0.25, -0.2) is 0 Å². The van der Waals surface area contributed by atoms with Gasteiger partial charge in [0.1, 0.15) is 0 Å². The molecule has 0 aliphatic carbocycles. The molecule has 1 aromatic carbocycles. The smallest absolute Gasteiger partial charge is 0.0669 e. The first-order valence-electron chi connectivity index (χ1n) is 5.90. The van der Waals surface area contributed by atoms with Gasteiger partial charge in [-0.2, -0.15) is 5.26 Å². The van der Waals surface area contributed by atoms with Crippen LogP contribution >= 0.6 is 11.3 Å². The number of nitrogens with one attached hydrogen (secondary N) is 1. The Morgan fingerprint density at radius 1 is 1.41 bits per heavy atom. The first-order chi connectivity index (χ1) is 8.35. The zero-order chi connectivity index (χ0) is 12.1. The summed E-state index contributed by atoms with van der Waals surface area (Å²) in [6, 6.07) is 10.8. The van der Waals surface area contributed by atoms with E-state index in [0.717, 1.165) is 19.5 Å². The van der Waals surface area contributed by atoms with Crippen LogP contribution in [0.25, 0.3) is 10.1 Å². The Hall–Kier alpha value is -1.37. The first-order valence-corrected chi connectivity index (χ1v) is 6.78. The summed E-state index contributed by atoms with van der Waals surface area (Å²) >= 11 is 1.78. The van der Waals surface area contributed by atoms with Gasteiger partial charge in [0.2, 0.25) is 0 Å². The van der Waals surface area contributed by atoms with Crippen molar-refractivity contribution >= 4 is 21.4 Å². The molecule has 2 aromatic rings. The molecule has 3 heteroatoms. The molecule has 2 nitrogen and oxygen atoms in total. The summed E-state index contributed by atoms with van der Waals surface area (Å²) in [5.74, 6) is 0.125. The van der Waals surface area contributed by atoms with Crippen molar-refractivity contribution in [3.8, 4) is 6.07 Å². The molecule has 1 heterocycles. The van der Waals surface area contributed by atoms with Crippen LogP contribution in [0.4, 0.5) is 0 Å². The molecular weight excluding hydrogens is 228 g/mol. The zero-order valence-corrected chi connectivity index (χ0v) is 10.8. The molecular formula is C14H16N2S. The quantitative estimate of drug-likeness (QED) is 0.873. The molecule has 1 unspecified atom stereocenters. The lowest BCUT2D eigenvalue weighted by Gasteiger charge is -2.07. The van der Waals surface area contributed by atoms with E-state index < -0.39 is 0 Å². The van der Waals surface area contributed by atoms with Crippen molar-refractivity contribution < 1.29 is 0 Å². The minimum absolute atomic E-state index is 0.125. The first kappa shape index (κ1) is 12.1. The lowest BCUT2D eigenvalue weighted by atomic mass is 10.1. The van der Waals surface area contributed by atoms with Crippen molar-refractivity contribution in [3.05, 3.63) is 35.2 Å². The highest BCUT2D eigenvalue weighted by molar-refractivity contribution is 7.17.